The Bertz CT molecular complexity index is 179. The zero-order chi connectivity index (χ0) is 11.1. The lowest BCUT2D eigenvalue weighted by Crippen LogP contribution is -2.38. The van der Waals surface area contributed by atoms with E-state index in [9.17, 15) is 4.79 Å². The predicted molar refractivity (Wildman–Crippen MR) is 63.7 cm³/mol. The van der Waals surface area contributed by atoms with Gasteiger partial charge in [-0.3, -0.25) is 4.79 Å². The SMILES string of the molecule is CCCN(CCC)C(=O)C1CCCCC1. The van der Waals surface area contributed by atoms with Gasteiger partial charge in [-0.05, 0) is 25.7 Å². The Labute approximate surface area is 94.0 Å². The van der Waals surface area contributed by atoms with E-state index >= 15 is 0 Å². The fourth-order valence-electron chi connectivity index (χ4n) is 2.48. The molecule has 1 amide bonds. The molecule has 1 fully saturated rings. The van der Waals surface area contributed by atoms with Crippen LogP contribution in [0.5, 0.6) is 0 Å². The standard InChI is InChI=1S/C13H25NO/c1-3-10-14(11-4-2)13(15)12-8-6-5-7-9-12/h12H,3-11H2,1-2H3. The molecule has 0 atom stereocenters. The van der Waals surface area contributed by atoms with Crippen molar-refractivity contribution < 1.29 is 4.79 Å². The van der Waals surface area contributed by atoms with Gasteiger partial charge >= 0.3 is 0 Å². The average Bonchev–Trinajstić information content (AvgIpc) is 2.29. The van der Waals surface area contributed by atoms with Crippen LogP contribution in [0.2, 0.25) is 0 Å². The molecule has 1 rings (SSSR count). The molecule has 1 aliphatic carbocycles. The molecular weight excluding hydrogens is 186 g/mol. The van der Waals surface area contributed by atoms with Gasteiger partial charge in [0.25, 0.3) is 0 Å². The largest absolute Gasteiger partial charge is 0.342 e. The van der Waals surface area contributed by atoms with Crippen LogP contribution in [0.1, 0.15) is 58.8 Å². The van der Waals surface area contributed by atoms with Gasteiger partial charge in [0.1, 0.15) is 0 Å². The Kier molecular flexibility index (Phi) is 5.74. The predicted octanol–water partition coefficient (Wildman–Crippen LogP) is 3.22. The first-order valence-electron chi connectivity index (χ1n) is 6.58. The molecular formula is C13H25NO. The van der Waals surface area contributed by atoms with Crippen molar-refractivity contribution in [1.29, 1.82) is 0 Å². The van der Waals surface area contributed by atoms with E-state index in [1.165, 1.54) is 19.3 Å². The van der Waals surface area contributed by atoms with E-state index in [2.05, 4.69) is 18.7 Å². The average molecular weight is 211 g/mol. The molecule has 0 heterocycles. The second-order valence-electron chi connectivity index (χ2n) is 4.66. The number of carbonyl (C=O) groups excluding carboxylic acids is 1. The number of nitrogens with zero attached hydrogens (tertiary/aromatic N) is 1. The minimum Gasteiger partial charge on any atom is -0.342 e. The van der Waals surface area contributed by atoms with E-state index in [1.807, 2.05) is 0 Å². The first-order valence-corrected chi connectivity index (χ1v) is 6.58. The maximum atomic E-state index is 12.2. The maximum absolute atomic E-state index is 12.2. The van der Waals surface area contributed by atoms with E-state index in [-0.39, 0.29) is 0 Å². The lowest BCUT2D eigenvalue weighted by Gasteiger charge is -2.28. The summed E-state index contributed by atoms with van der Waals surface area (Å²) in [6.45, 7) is 6.19. The zero-order valence-electron chi connectivity index (χ0n) is 10.3. The van der Waals surface area contributed by atoms with Gasteiger partial charge in [-0.15, -0.1) is 0 Å². The highest BCUT2D eigenvalue weighted by Crippen LogP contribution is 2.25. The molecule has 0 aliphatic heterocycles. The van der Waals surface area contributed by atoms with E-state index < -0.39 is 0 Å². The topological polar surface area (TPSA) is 20.3 Å². The summed E-state index contributed by atoms with van der Waals surface area (Å²) in [6.07, 6.45) is 8.25. The van der Waals surface area contributed by atoms with Gasteiger partial charge in [0.15, 0.2) is 0 Å². The summed E-state index contributed by atoms with van der Waals surface area (Å²) in [7, 11) is 0. The Balaban J connectivity index is 2.45. The third-order valence-electron chi connectivity index (χ3n) is 3.25. The van der Waals surface area contributed by atoms with Gasteiger partial charge in [0, 0.05) is 19.0 Å². The Morgan fingerprint density at radius 3 is 2.07 bits per heavy atom. The minimum absolute atomic E-state index is 0.344. The zero-order valence-corrected chi connectivity index (χ0v) is 10.3. The molecule has 0 saturated heterocycles. The molecule has 0 aromatic carbocycles. The normalized spacial score (nSPS) is 17.7. The van der Waals surface area contributed by atoms with Crippen molar-refractivity contribution in [3.63, 3.8) is 0 Å². The van der Waals surface area contributed by atoms with Crippen LogP contribution < -0.4 is 0 Å². The molecule has 0 spiro atoms. The number of hydrogen-bond donors (Lipinski definition) is 0. The van der Waals surface area contributed by atoms with Crippen LogP contribution >= 0.6 is 0 Å². The first-order chi connectivity index (χ1) is 7.29. The Morgan fingerprint density at radius 1 is 1.07 bits per heavy atom. The smallest absolute Gasteiger partial charge is 0.225 e. The van der Waals surface area contributed by atoms with Crippen molar-refractivity contribution in [3.05, 3.63) is 0 Å². The summed E-state index contributed by atoms with van der Waals surface area (Å²) in [5.74, 6) is 0.773. The molecule has 1 aliphatic rings. The quantitative estimate of drug-likeness (QED) is 0.683. The van der Waals surface area contributed by atoms with Crippen molar-refractivity contribution in [2.45, 2.75) is 58.8 Å². The van der Waals surface area contributed by atoms with Crippen molar-refractivity contribution >= 4 is 5.91 Å². The lowest BCUT2D eigenvalue weighted by molar-refractivity contribution is -0.136. The molecule has 1 saturated carbocycles. The van der Waals surface area contributed by atoms with Gasteiger partial charge < -0.3 is 4.90 Å². The summed E-state index contributed by atoms with van der Waals surface area (Å²) in [6, 6.07) is 0. The van der Waals surface area contributed by atoms with Gasteiger partial charge in [0.05, 0.1) is 0 Å². The number of carbonyl (C=O) groups is 1. The maximum Gasteiger partial charge on any atom is 0.225 e. The van der Waals surface area contributed by atoms with E-state index in [1.54, 1.807) is 0 Å². The van der Waals surface area contributed by atoms with E-state index in [4.69, 9.17) is 0 Å². The highest BCUT2D eigenvalue weighted by molar-refractivity contribution is 5.78. The fraction of sp³-hybridized carbons (Fsp3) is 0.923. The second kappa shape index (κ2) is 6.86. The third-order valence-corrected chi connectivity index (χ3v) is 3.25. The summed E-state index contributed by atoms with van der Waals surface area (Å²) in [4.78, 5) is 14.3. The summed E-state index contributed by atoms with van der Waals surface area (Å²) in [5, 5.41) is 0. The van der Waals surface area contributed by atoms with Gasteiger partial charge in [-0.25, -0.2) is 0 Å². The fourth-order valence-corrected chi connectivity index (χ4v) is 2.48. The molecule has 88 valence electrons. The third kappa shape index (κ3) is 3.84. The van der Waals surface area contributed by atoms with Crippen LogP contribution in [-0.4, -0.2) is 23.9 Å². The highest BCUT2D eigenvalue weighted by atomic mass is 16.2. The van der Waals surface area contributed by atoms with Crippen molar-refractivity contribution in [2.75, 3.05) is 13.1 Å². The van der Waals surface area contributed by atoms with E-state index in [0.717, 1.165) is 38.8 Å². The summed E-state index contributed by atoms with van der Waals surface area (Å²) >= 11 is 0. The number of amides is 1. The second-order valence-corrected chi connectivity index (χ2v) is 4.66. The van der Waals surface area contributed by atoms with Crippen molar-refractivity contribution in [3.8, 4) is 0 Å². The first kappa shape index (κ1) is 12.5. The van der Waals surface area contributed by atoms with Gasteiger partial charge in [-0.2, -0.15) is 0 Å². The molecule has 0 N–H and O–H groups in total. The van der Waals surface area contributed by atoms with Crippen molar-refractivity contribution in [1.82, 2.24) is 4.90 Å². The van der Waals surface area contributed by atoms with Crippen LogP contribution in [0.15, 0.2) is 0 Å². The van der Waals surface area contributed by atoms with Crippen molar-refractivity contribution in [2.24, 2.45) is 5.92 Å². The molecule has 0 radical (unpaired) electrons. The van der Waals surface area contributed by atoms with Gasteiger partial charge in [-0.1, -0.05) is 33.1 Å². The minimum atomic E-state index is 0.344. The van der Waals surface area contributed by atoms with Gasteiger partial charge in [0.2, 0.25) is 5.91 Å². The summed E-state index contributed by atoms with van der Waals surface area (Å²) < 4.78 is 0. The molecule has 2 heteroatoms. The van der Waals surface area contributed by atoms with Crippen LogP contribution in [0.3, 0.4) is 0 Å². The number of hydrogen-bond acceptors (Lipinski definition) is 1. The Hall–Kier alpha value is -0.530. The van der Waals surface area contributed by atoms with Crippen LogP contribution in [0, 0.1) is 5.92 Å². The van der Waals surface area contributed by atoms with Crippen LogP contribution in [0.4, 0.5) is 0 Å². The number of rotatable bonds is 5. The van der Waals surface area contributed by atoms with Crippen LogP contribution in [-0.2, 0) is 4.79 Å². The lowest BCUT2D eigenvalue weighted by atomic mass is 9.88. The summed E-state index contributed by atoms with van der Waals surface area (Å²) in [5.41, 5.74) is 0. The molecule has 0 aromatic rings. The van der Waals surface area contributed by atoms with Crippen LogP contribution in [0.25, 0.3) is 0 Å². The Morgan fingerprint density at radius 2 is 1.60 bits per heavy atom. The molecule has 0 unspecified atom stereocenters. The monoisotopic (exact) mass is 211 g/mol. The molecule has 2 nitrogen and oxygen atoms in total. The molecule has 15 heavy (non-hydrogen) atoms. The molecule has 0 bridgehead atoms. The molecule has 0 aromatic heterocycles. The van der Waals surface area contributed by atoms with E-state index in [0.29, 0.717) is 11.8 Å². The highest BCUT2D eigenvalue weighted by Gasteiger charge is 2.24.